The van der Waals surface area contributed by atoms with Gasteiger partial charge in [-0.3, -0.25) is 0 Å². The highest BCUT2D eigenvalue weighted by Gasteiger charge is 2.17. The van der Waals surface area contributed by atoms with Crippen LogP contribution < -0.4 is 0 Å². The molecule has 0 spiro atoms. The van der Waals surface area contributed by atoms with Gasteiger partial charge in [0.15, 0.2) is 0 Å². The number of rotatable bonds is 2. The Kier molecular flexibility index (Phi) is 4.80. The van der Waals surface area contributed by atoms with E-state index in [4.69, 9.17) is 0 Å². The molecule has 0 aliphatic heterocycles. The number of hydrogen-bond donors (Lipinski definition) is 0. The molecule has 0 radical (unpaired) electrons. The molecule has 1 aromatic carbocycles. The third kappa shape index (κ3) is 2.84. The van der Waals surface area contributed by atoms with E-state index in [0.29, 0.717) is 0 Å². The Balaban J connectivity index is 2.80. The van der Waals surface area contributed by atoms with Gasteiger partial charge < -0.3 is 0 Å². The molecule has 0 unspecified atom stereocenters. The maximum Gasteiger partial charge on any atom is -0.0105 e. The van der Waals surface area contributed by atoms with Crippen molar-refractivity contribution >= 4 is 5.57 Å². The zero-order valence-corrected chi connectivity index (χ0v) is 15.6. The summed E-state index contributed by atoms with van der Waals surface area (Å²) in [5.41, 5.74) is 14.5. The monoisotopic (exact) mass is 294 g/mol. The van der Waals surface area contributed by atoms with Crippen molar-refractivity contribution in [2.45, 2.75) is 68.2 Å². The quantitative estimate of drug-likeness (QED) is 0.564. The lowest BCUT2D eigenvalue weighted by molar-refractivity contribution is 1.01. The molecule has 1 aliphatic carbocycles. The lowest BCUT2D eigenvalue weighted by Gasteiger charge is -2.18. The maximum absolute atomic E-state index is 2.41. The van der Waals surface area contributed by atoms with Crippen LogP contribution in [0.3, 0.4) is 0 Å². The smallest absolute Gasteiger partial charge is 0.0105 e. The molecule has 22 heavy (non-hydrogen) atoms. The molecule has 0 bridgehead atoms. The van der Waals surface area contributed by atoms with E-state index in [9.17, 15) is 0 Å². The fraction of sp³-hybridized carbons (Fsp3) is 0.455. The van der Waals surface area contributed by atoms with Gasteiger partial charge in [0.2, 0.25) is 0 Å². The van der Waals surface area contributed by atoms with Crippen LogP contribution >= 0.6 is 0 Å². The van der Waals surface area contributed by atoms with Crippen LogP contribution in [0.2, 0.25) is 0 Å². The van der Waals surface area contributed by atoms with E-state index in [1.165, 1.54) is 50.1 Å². The predicted molar refractivity (Wildman–Crippen MR) is 99.3 cm³/mol. The van der Waals surface area contributed by atoms with E-state index in [2.05, 4.69) is 67.5 Å². The number of allylic oxidation sites excluding steroid dienone is 6. The van der Waals surface area contributed by atoms with E-state index >= 15 is 0 Å². The van der Waals surface area contributed by atoms with Crippen LogP contribution in [0.5, 0.6) is 0 Å². The van der Waals surface area contributed by atoms with Crippen molar-refractivity contribution < 1.29 is 0 Å². The third-order valence-electron chi connectivity index (χ3n) is 5.43. The van der Waals surface area contributed by atoms with Crippen LogP contribution in [-0.4, -0.2) is 0 Å². The van der Waals surface area contributed by atoms with Crippen molar-refractivity contribution in [1.29, 1.82) is 0 Å². The fourth-order valence-electron chi connectivity index (χ4n) is 3.75. The molecular formula is C22H30. The first kappa shape index (κ1) is 16.8. The lowest BCUT2D eigenvalue weighted by Crippen LogP contribution is -1.99. The standard InChI is InChI=1S/C22H30/c1-9-20-15(4)10-13(2)11-21(19(20)8)22-12-14(3)16(5)17(6)18(22)7/h11-12H,9-10H2,1-8H3. The lowest BCUT2D eigenvalue weighted by atomic mass is 9.87. The topological polar surface area (TPSA) is 0 Å². The first-order chi connectivity index (χ1) is 10.3. The summed E-state index contributed by atoms with van der Waals surface area (Å²) >= 11 is 0. The second kappa shape index (κ2) is 6.28. The Morgan fingerprint density at radius 2 is 1.50 bits per heavy atom. The summed E-state index contributed by atoms with van der Waals surface area (Å²) in [5, 5.41) is 0. The van der Waals surface area contributed by atoms with Gasteiger partial charge in [0.05, 0.1) is 0 Å². The predicted octanol–water partition coefficient (Wildman–Crippen LogP) is 6.77. The van der Waals surface area contributed by atoms with Gasteiger partial charge in [0.25, 0.3) is 0 Å². The van der Waals surface area contributed by atoms with Crippen molar-refractivity contribution in [1.82, 2.24) is 0 Å². The van der Waals surface area contributed by atoms with Gasteiger partial charge in [0.1, 0.15) is 0 Å². The van der Waals surface area contributed by atoms with Crippen LogP contribution in [0.25, 0.3) is 5.57 Å². The molecule has 1 aliphatic rings. The molecule has 0 heteroatoms. The van der Waals surface area contributed by atoms with Crippen LogP contribution in [0, 0.1) is 27.7 Å². The Hall–Kier alpha value is -1.56. The largest absolute Gasteiger partial charge is 0.0686 e. The van der Waals surface area contributed by atoms with Crippen LogP contribution in [-0.2, 0) is 0 Å². The van der Waals surface area contributed by atoms with Crippen molar-refractivity contribution in [3.8, 4) is 0 Å². The summed E-state index contributed by atoms with van der Waals surface area (Å²) in [6.07, 6.45) is 4.64. The highest BCUT2D eigenvalue weighted by Crippen LogP contribution is 2.37. The van der Waals surface area contributed by atoms with Gasteiger partial charge in [0, 0.05) is 0 Å². The minimum atomic E-state index is 1.10. The van der Waals surface area contributed by atoms with Gasteiger partial charge in [-0.1, -0.05) is 30.2 Å². The Morgan fingerprint density at radius 1 is 0.864 bits per heavy atom. The molecule has 1 aromatic rings. The van der Waals surface area contributed by atoms with E-state index < -0.39 is 0 Å². The maximum atomic E-state index is 2.41. The SMILES string of the molecule is CCC1=C(C)CC(C)=CC(c2cc(C)c(C)c(C)c2C)=C1C. The average Bonchev–Trinajstić information content (AvgIpc) is 2.57. The van der Waals surface area contributed by atoms with Gasteiger partial charge in [-0.05, 0) is 106 Å². The van der Waals surface area contributed by atoms with Gasteiger partial charge in [-0.15, -0.1) is 0 Å². The summed E-state index contributed by atoms with van der Waals surface area (Å²) in [7, 11) is 0. The molecular weight excluding hydrogens is 264 g/mol. The average molecular weight is 294 g/mol. The van der Waals surface area contributed by atoms with E-state index in [0.717, 1.165) is 12.8 Å². The highest BCUT2D eigenvalue weighted by atomic mass is 14.2. The second-order valence-corrected chi connectivity index (χ2v) is 6.93. The van der Waals surface area contributed by atoms with Crippen LogP contribution in [0.15, 0.2) is 34.4 Å². The minimum Gasteiger partial charge on any atom is -0.0686 e. The van der Waals surface area contributed by atoms with E-state index in [-0.39, 0.29) is 0 Å². The molecule has 0 saturated heterocycles. The van der Waals surface area contributed by atoms with Gasteiger partial charge in [-0.2, -0.15) is 0 Å². The summed E-state index contributed by atoms with van der Waals surface area (Å²) in [6.45, 7) is 18.1. The highest BCUT2D eigenvalue weighted by molar-refractivity contribution is 5.83. The summed E-state index contributed by atoms with van der Waals surface area (Å²) in [4.78, 5) is 0. The fourth-order valence-corrected chi connectivity index (χ4v) is 3.75. The molecule has 0 amide bonds. The Morgan fingerprint density at radius 3 is 2.09 bits per heavy atom. The molecule has 0 heterocycles. The van der Waals surface area contributed by atoms with Gasteiger partial charge in [-0.25, -0.2) is 0 Å². The first-order valence-corrected chi connectivity index (χ1v) is 8.42. The molecule has 2 rings (SSSR count). The van der Waals surface area contributed by atoms with E-state index in [1.807, 2.05) is 0 Å². The summed E-state index contributed by atoms with van der Waals surface area (Å²) in [5.74, 6) is 0. The Bertz CT molecular complexity index is 706. The Labute approximate surface area is 136 Å². The summed E-state index contributed by atoms with van der Waals surface area (Å²) in [6, 6.07) is 2.38. The second-order valence-electron chi connectivity index (χ2n) is 6.93. The van der Waals surface area contributed by atoms with Crippen LogP contribution in [0.4, 0.5) is 0 Å². The normalized spacial score (nSPS) is 16.1. The molecule has 0 aromatic heterocycles. The van der Waals surface area contributed by atoms with Crippen molar-refractivity contribution in [3.63, 3.8) is 0 Å². The number of benzene rings is 1. The molecule has 0 N–H and O–H groups in total. The van der Waals surface area contributed by atoms with Crippen molar-refractivity contribution in [2.24, 2.45) is 0 Å². The number of aryl methyl sites for hydroxylation is 1. The minimum absolute atomic E-state index is 1.10. The zero-order valence-electron chi connectivity index (χ0n) is 15.6. The molecule has 0 atom stereocenters. The van der Waals surface area contributed by atoms with Crippen LogP contribution in [0.1, 0.15) is 68.4 Å². The molecule has 0 fully saturated rings. The van der Waals surface area contributed by atoms with Crippen molar-refractivity contribution in [2.75, 3.05) is 0 Å². The molecule has 0 saturated carbocycles. The number of hydrogen-bond acceptors (Lipinski definition) is 0. The zero-order chi connectivity index (χ0) is 16.6. The summed E-state index contributed by atoms with van der Waals surface area (Å²) < 4.78 is 0. The van der Waals surface area contributed by atoms with Gasteiger partial charge >= 0.3 is 0 Å². The first-order valence-electron chi connectivity index (χ1n) is 8.42. The van der Waals surface area contributed by atoms with E-state index in [1.54, 1.807) is 5.57 Å². The molecule has 0 nitrogen and oxygen atoms in total. The molecule has 118 valence electrons. The third-order valence-corrected chi connectivity index (χ3v) is 5.43. The van der Waals surface area contributed by atoms with Crippen molar-refractivity contribution in [3.05, 3.63) is 62.3 Å².